The Morgan fingerprint density at radius 1 is 1.00 bits per heavy atom. The van der Waals surface area contributed by atoms with Crippen LogP contribution < -0.4 is 0 Å². The van der Waals surface area contributed by atoms with E-state index in [1.807, 2.05) is 0 Å². The van der Waals surface area contributed by atoms with Gasteiger partial charge in [-0.15, -0.1) is 0 Å². The second-order valence-corrected chi connectivity index (χ2v) is 6.19. The van der Waals surface area contributed by atoms with Crippen molar-refractivity contribution in [3.8, 4) is 0 Å². The van der Waals surface area contributed by atoms with Crippen LogP contribution in [0, 0.1) is 0 Å². The average molecular weight is 276 g/mol. The van der Waals surface area contributed by atoms with E-state index in [2.05, 4.69) is 8.83 Å². The fourth-order valence-electron chi connectivity index (χ4n) is 1.51. The number of hydrogen-bond acceptors (Lipinski definition) is 4. The fraction of sp³-hybridized carbons (Fsp3) is 1.00. The predicted molar refractivity (Wildman–Crippen MR) is 57.6 cm³/mol. The van der Waals surface area contributed by atoms with E-state index in [1.54, 1.807) is 0 Å². The molecule has 1 saturated carbocycles. The highest BCUT2D eigenvalue weighted by Crippen LogP contribution is 2.58. The summed E-state index contributed by atoms with van der Waals surface area (Å²) in [6, 6.07) is 0. The SMILES string of the molecule is C.O=P(O)(O)OP(=O)(O)OC1CCCCC1. The zero-order valence-electron chi connectivity index (χ0n) is 7.98. The Morgan fingerprint density at radius 2 is 1.50 bits per heavy atom. The number of phosphoric ester groups is 1. The molecular weight excluding hydrogens is 258 g/mol. The van der Waals surface area contributed by atoms with Crippen molar-refractivity contribution in [2.24, 2.45) is 0 Å². The largest absolute Gasteiger partial charge is 0.481 e. The molecule has 1 atom stereocenters. The highest BCUT2D eigenvalue weighted by molar-refractivity contribution is 7.60. The van der Waals surface area contributed by atoms with E-state index in [0.717, 1.165) is 19.3 Å². The number of rotatable bonds is 4. The minimum absolute atomic E-state index is 0. The summed E-state index contributed by atoms with van der Waals surface area (Å²) in [7, 11) is -9.64. The molecule has 9 heteroatoms. The zero-order valence-corrected chi connectivity index (χ0v) is 9.77. The molecule has 0 heterocycles. The summed E-state index contributed by atoms with van der Waals surface area (Å²) in [6.07, 6.45) is 3.54. The molecule has 0 aromatic carbocycles. The topological polar surface area (TPSA) is 113 Å². The van der Waals surface area contributed by atoms with E-state index in [-0.39, 0.29) is 7.43 Å². The highest BCUT2D eigenvalue weighted by atomic mass is 31.3. The second kappa shape index (κ2) is 6.26. The molecule has 0 bridgehead atoms. The molecule has 0 aromatic heterocycles. The maximum atomic E-state index is 11.1. The molecule has 16 heavy (non-hydrogen) atoms. The van der Waals surface area contributed by atoms with Gasteiger partial charge in [-0.1, -0.05) is 26.7 Å². The molecule has 7 nitrogen and oxygen atoms in total. The van der Waals surface area contributed by atoms with Crippen LogP contribution in [0.1, 0.15) is 39.5 Å². The van der Waals surface area contributed by atoms with Gasteiger partial charge in [0.25, 0.3) is 0 Å². The van der Waals surface area contributed by atoms with E-state index in [9.17, 15) is 9.13 Å². The Morgan fingerprint density at radius 3 is 1.94 bits per heavy atom. The first-order chi connectivity index (χ1) is 6.79. The normalized spacial score (nSPS) is 22.2. The van der Waals surface area contributed by atoms with Crippen molar-refractivity contribution < 1.29 is 32.6 Å². The molecular formula is C7H18O7P2. The van der Waals surface area contributed by atoms with Gasteiger partial charge in [0.2, 0.25) is 0 Å². The minimum Gasteiger partial charge on any atom is -0.302 e. The van der Waals surface area contributed by atoms with E-state index in [0.29, 0.717) is 12.8 Å². The van der Waals surface area contributed by atoms with Crippen molar-refractivity contribution in [3.63, 3.8) is 0 Å². The molecule has 0 aromatic rings. The van der Waals surface area contributed by atoms with Crippen LogP contribution in [0.15, 0.2) is 0 Å². The summed E-state index contributed by atoms with van der Waals surface area (Å²) >= 11 is 0. The lowest BCUT2D eigenvalue weighted by Crippen LogP contribution is -2.15. The van der Waals surface area contributed by atoms with E-state index in [1.165, 1.54) is 0 Å². The van der Waals surface area contributed by atoms with Crippen molar-refractivity contribution >= 4 is 15.6 Å². The number of phosphoric acid groups is 2. The van der Waals surface area contributed by atoms with Crippen LogP contribution in [0.3, 0.4) is 0 Å². The van der Waals surface area contributed by atoms with Crippen molar-refractivity contribution in [1.29, 1.82) is 0 Å². The van der Waals surface area contributed by atoms with Crippen molar-refractivity contribution in [2.45, 2.75) is 45.6 Å². The highest BCUT2D eigenvalue weighted by Gasteiger charge is 2.35. The van der Waals surface area contributed by atoms with Gasteiger partial charge in [-0.3, -0.25) is 4.52 Å². The smallest absolute Gasteiger partial charge is 0.302 e. The Labute approximate surface area is 94.6 Å². The molecule has 0 saturated heterocycles. The monoisotopic (exact) mass is 276 g/mol. The average Bonchev–Trinajstić information content (AvgIpc) is 1.99. The van der Waals surface area contributed by atoms with Gasteiger partial charge in [-0.25, -0.2) is 9.13 Å². The van der Waals surface area contributed by atoms with Crippen LogP contribution in [0.4, 0.5) is 0 Å². The Hall–Kier alpha value is 0.260. The third-order valence-electron chi connectivity index (χ3n) is 2.04. The Bertz CT molecular complexity index is 293. The first-order valence-electron chi connectivity index (χ1n) is 4.57. The van der Waals surface area contributed by atoms with Crippen molar-refractivity contribution in [3.05, 3.63) is 0 Å². The molecule has 0 spiro atoms. The lowest BCUT2D eigenvalue weighted by Gasteiger charge is -2.23. The van der Waals surface area contributed by atoms with E-state index < -0.39 is 21.7 Å². The quantitative estimate of drug-likeness (QED) is 0.674. The van der Waals surface area contributed by atoms with Gasteiger partial charge in [0.05, 0.1) is 6.10 Å². The van der Waals surface area contributed by atoms with Gasteiger partial charge >= 0.3 is 15.6 Å². The Kier molecular flexibility index (Phi) is 6.36. The van der Waals surface area contributed by atoms with Crippen molar-refractivity contribution in [1.82, 2.24) is 0 Å². The van der Waals surface area contributed by atoms with E-state index >= 15 is 0 Å². The van der Waals surface area contributed by atoms with Gasteiger partial charge in [-0.2, -0.15) is 4.31 Å². The molecule has 0 radical (unpaired) electrons. The maximum Gasteiger partial charge on any atom is 0.481 e. The Balaban J connectivity index is 0.00000225. The van der Waals surface area contributed by atoms with Gasteiger partial charge < -0.3 is 14.7 Å². The minimum atomic E-state index is -4.99. The summed E-state index contributed by atoms with van der Waals surface area (Å²) in [4.78, 5) is 25.7. The van der Waals surface area contributed by atoms with E-state index in [4.69, 9.17) is 14.7 Å². The van der Waals surface area contributed by atoms with Crippen LogP contribution in [0.5, 0.6) is 0 Å². The molecule has 1 aliphatic carbocycles. The molecule has 1 aliphatic rings. The molecule has 3 N–H and O–H groups in total. The van der Waals surface area contributed by atoms with Crippen LogP contribution in [0.2, 0.25) is 0 Å². The van der Waals surface area contributed by atoms with Crippen molar-refractivity contribution in [2.75, 3.05) is 0 Å². The maximum absolute atomic E-state index is 11.1. The van der Waals surface area contributed by atoms with Crippen LogP contribution in [-0.4, -0.2) is 20.8 Å². The summed E-state index contributed by atoms with van der Waals surface area (Å²) in [5.41, 5.74) is 0. The second-order valence-electron chi connectivity index (χ2n) is 3.41. The molecule has 1 unspecified atom stereocenters. The summed E-state index contributed by atoms with van der Waals surface area (Å²) in [6.45, 7) is 0. The van der Waals surface area contributed by atoms with Gasteiger partial charge in [0.1, 0.15) is 0 Å². The molecule has 0 aliphatic heterocycles. The summed E-state index contributed by atoms with van der Waals surface area (Å²) in [5, 5.41) is 0. The summed E-state index contributed by atoms with van der Waals surface area (Å²) < 4.78 is 29.8. The summed E-state index contributed by atoms with van der Waals surface area (Å²) in [5.74, 6) is 0. The number of hydrogen-bond donors (Lipinski definition) is 3. The van der Waals surface area contributed by atoms with Crippen LogP contribution >= 0.6 is 15.6 Å². The zero-order chi connectivity index (χ0) is 11.5. The van der Waals surface area contributed by atoms with Gasteiger partial charge in [0, 0.05) is 0 Å². The third kappa shape index (κ3) is 6.76. The standard InChI is InChI=1S/C6H14O7P2.CH4/c7-14(8,9)13-15(10,11)12-6-4-2-1-3-5-6;/h6H,1-5H2,(H,10,11)(H2,7,8,9);1H4. The molecule has 98 valence electrons. The molecule has 1 rings (SSSR count). The predicted octanol–water partition coefficient (Wildman–Crippen LogP) is 2.18. The lowest BCUT2D eigenvalue weighted by atomic mass is 9.98. The fourth-order valence-corrected chi connectivity index (χ4v) is 3.33. The first-order valence-corrected chi connectivity index (χ1v) is 7.59. The van der Waals surface area contributed by atoms with Gasteiger partial charge in [-0.05, 0) is 12.8 Å². The van der Waals surface area contributed by atoms with Crippen LogP contribution in [0.25, 0.3) is 0 Å². The van der Waals surface area contributed by atoms with Gasteiger partial charge in [0.15, 0.2) is 0 Å². The third-order valence-corrected chi connectivity index (χ3v) is 4.28. The molecule has 1 fully saturated rings. The molecule has 0 amide bonds. The van der Waals surface area contributed by atoms with Crippen LogP contribution in [-0.2, 0) is 18.0 Å². The first kappa shape index (κ1) is 16.3. The lowest BCUT2D eigenvalue weighted by molar-refractivity contribution is 0.101.